The molecule has 1 heteroatoms. The maximum Gasteiger partial charge on any atom is 0.126 e. The summed E-state index contributed by atoms with van der Waals surface area (Å²) in [6.07, 6.45) is 18.4. The van der Waals surface area contributed by atoms with Gasteiger partial charge < -0.3 is 0 Å². The smallest absolute Gasteiger partial charge is 0.126 e. The van der Waals surface area contributed by atoms with Crippen molar-refractivity contribution in [2.75, 3.05) is 0 Å². The Morgan fingerprint density at radius 2 is 1.41 bits per heavy atom. The van der Waals surface area contributed by atoms with Gasteiger partial charge in [0, 0.05) is 0 Å². The van der Waals surface area contributed by atoms with E-state index in [1.807, 2.05) is 18.2 Å². The van der Waals surface area contributed by atoms with Crippen molar-refractivity contribution in [3.63, 3.8) is 0 Å². The Hall–Kier alpha value is -0.850. The number of hydrogen-bond acceptors (Lipinski definition) is 0. The highest BCUT2D eigenvalue weighted by molar-refractivity contribution is 5.22. The van der Waals surface area contributed by atoms with E-state index in [4.69, 9.17) is 0 Å². The molecule has 150 valence electrons. The highest BCUT2D eigenvalue weighted by atomic mass is 19.1. The molecule has 3 aliphatic carbocycles. The van der Waals surface area contributed by atoms with Gasteiger partial charge in [0.25, 0.3) is 0 Å². The van der Waals surface area contributed by atoms with E-state index in [-0.39, 0.29) is 5.82 Å². The average Bonchev–Trinajstić information content (AvgIpc) is 2.72. The largest absolute Gasteiger partial charge is 0.207 e. The number of benzene rings is 1. The van der Waals surface area contributed by atoms with Crippen LogP contribution in [0.15, 0.2) is 24.3 Å². The molecule has 3 fully saturated rings. The van der Waals surface area contributed by atoms with Crippen molar-refractivity contribution in [1.29, 1.82) is 0 Å². The van der Waals surface area contributed by atoms with Crippen LogP contribution >= 0.6 is 0 Å². The normalized spacial score (nSPS) is 37.0. The minimum atomic E-state index is 0.0227. The summed E-state index contributed by atoms with van der Waals surface area (Å²) in [6, 6.07) is 7.52. The number of halogens is 1. The lowest BCUT2D eigenvalue weighted by Gasteiger charge is -2.45. The fourth-order valence-electron chi connectivity index (χ4n) is 6.88. The van der Waals surface area contributed by atoms with Crippen molar-refractivity contribution >= 4 is 0 Å². The Kier molecular flexibility index (Phi) is 6.56. The molecule has 3 aliphatic rings. The molecule has 0 N–H and O–H groups in total. The standard InChI is InChI=1S/C26H39F/c1-2-3-6-19-9-11-20(12-10-19)21-13-14-23-18-24(16-15-22(23)17-21)25-7-4-5-8-26(25)27/h4-5,7-8,19-24H,2-3,6,9-18H2,1H3. The van der Waals surface area contributed by atoms with Gasteiger partial charge in [-0.25, -0.2) is 4.39 Å². The van der Waals surface area contributed by atoms with Gasteiger partial charge in [-0.2, -0.15) is 0 Å². The third kappa shape index (κ3) is 4.60. The predicted molar refractivity (Wildman–Crippen MR) is 112 cm³/mol. The Bertz CT molecular complexity index is 586. The molecule has 0 bridgehead atoms. The van der Waals surface area contributed by atoms with Gasteiger partial charge in [0.05, 0.1) is 0 Å². The molecule has 0 saturated heterocycles. The van der Waals surface area contributed by atoms with Crippen molar-refractivity contribution < 1.29 is 4.39 Å². The van der Waals surface area contributed by atoms with Crippen LogP contribution in [-0.4, -0.2) is 0 Å². The molecule has 0 aromatic heterocycles. The van der Waals surface area contributed by atoms with Crippen LogP contribution in [0.3, 0.4) is 0 Å². The van der Waals surface area contributed by atoms with Gasteiger partial charge in [0.2, 0.25) is 0 Å². The molecule has 4 unspecified atom stereocenters. The van der Waals surface area contributed by atoms with Crippen LogP contribution in [0.5, 0.6) is 0 Å². The number of rotatable bonds is 5. The van der Waals surface area contributed by atoms with Crippen molar-refractivity contribution in [3.05, 3.63) is 35.6 Å². The molecule has 1 aromatic rings. The van der Waals surface area contributed by atoms with E-state index in [0.717, 1.165) is 35.2 Å². The summed E-state index contributed by atoms with van der Waals surface area (Å²) in [5, 5.41) is 0. The summed E-state index contributed by atoms with van der Waals surface area (Å²) in [6.45, 7) is 2.32. The van der Waals surface area contributed by atoms with Gasteiger partial charge in [-0.1, -0.05) is 57.2 Å². The van der Waals surface area contributed by atoms with E-state index in [1.54, 1.807) is 6.07 Å². The van der Waals surface area contributed by atoms with Gasteiger partial charge in [0.1, 0.15) is 5.82 Å². The van der Waals surface area contributed by atoms with Crippen LogP contribution in [0.2, 0.25) is 0 Å². The zero-order chi connectivity index (χ0) is 18.6. The highest BCUT2D eigenvalue weighted by Crippen LogP contribution is 2.51. The van der Waals surface area contributed by atoms with E-state index >= 15 is 0 Å². The van der Waals surface area contributed by atoms with Gasteiger partial charge in [-0.15, -0.1) is 0 Å². The SMILES string of the molecule is CCCCC1CCC(C2CCC3CC(c4ccccc4F)CCC3C2)CC1. The van der Waals surface area contributed by atoms with E-state index in [0.29, 0.717) is 5.92 Å². The van der Waals surface area contributed by atoms with Gasteiger partial charge in [-0.05, 0) is 98.5 Å². The molecule has 4 rings (SSSR count). The summed E-state index contributed by atoms with van der Waals surface area (Å²) in [4.78, 5) is 0. The third-order valence-electron chi connectivity index (χ3n) is 8.52. The van der Waals surface area contributed by atoms with Crippen molar-refractivity contribution in [2.24, 2.45) is 29.6 Å². The topological polar surface area (TPSA) is 0 Å². The minimum absolute atomic E-state index is 0.0227. The van der Waals surface area contributed by atoms with Gasteiger partial charge >= 0.3 is 0 Å². The molecular formula is C26H39F. The second-order valence-electron chi connectivity index (χ2n) is 10.0. The van der Waals surface area contributed by atoms with Crippen LogP contribution in [0.25, 0.3) is 0 Å². The van der Waals surface area contributed by atoms with Crippen LogP contribution in [0.4, 0.5) is 4.39 Å². The number of hydrogen-bond donors (Lipinski definition) is 0. The van der Waals surface area contributed by atoms with Crippen LogP contribution in [0, 0.1) is 35.4 Å². The van der Waals surface area contributed by atoms with Crippen molar-refractivity contribution in [1.82, 2.24) is 0 Å². The van der Waals surface area contributed by atoms with Gasteiger partial charge in [0.15, 0.2) is 0 Å². The molecule has 27 heavy (non-hydrogen) atoms. The molecule has 1 aromatic carbocycles. The van der Waals surface area contributed by atoms with Crippen LogP contribution < -0.4 is 0 Å². The minimum Gasteiger partial charge on any atom is -0.207 e. The first-order valence-corrected chi connectivity index (χ1v) is 12.0. The maximum atomic E-state index is 14.2. The molecule has 0 heterocycles. The van der Waals surface area contributed by atoms with Gasteiger partial charge in [-0.3, -0.25) is 0 Å². The van der Waals surface area contributed by atoms with Crippen molar-refractivity contribution in [2.45, 2.75) is 96.3 Å². The lowest BCUT2D eigenvalue weighted by atomic mass is 9.60. The molecule has 0 amide bonds. The Morgan fingerprint density at radius 3 is 2.15 bits per heavy atom. The second kappa shape index (κ2) is 9.10. The first kappa shape index (κ1) is 19.5. The predicted octanol–water partition coefficient (Wildman–Crippen LogP) is 8.12. The zero-order valence-corrected chi connectivity index (χ0v) is 17.3. The molecule has 0 radical (unpaired) electrons. The van der Waals surface area contributed by atoms with E-state index in [2.05, 4.69) is 6.92 Å². The third-order valence-corrected chi connectivity index (χ3v) is 8.52. The first-order valence-electron chi connectivity index (χ1n) is 12.0. The molecule has 0 aliphatic heterocycles. The summed E-state index contributed by atoms with van der Waals surface area (Å²) in [7, 11) is 0. The van der Waals surface area contributed by atoms with Crippen molar-refractivity contribution in [3.8, 4) is 0 Å². The maximum absolute atomic E-state index is 14.2. The number of fused-ring (bicyclic) bond motifs is 1. The van der Waals surface area contributed by atoms with Crippen LogP contribution in [-0.2, 0) is 0 Å². The molecule has 4 atom stereocenters. The Balaban J connectivity index is 1.28. The summed E-state index contributed by atoms with van der Waals surface area (Å²) in [5.74, 6) is 5.35. The van der Waals surface area contributed by atoms with E-state index in [1.165, 1.54) is 83.5 Å². The summed E-state index contributed by atoms with van der Waals surface area (Å²) in [5.41, 5.74) is 0.989. The van der Waals surface area contributed by atoms with E-state index in [9.17, 15) is 4.39 Å². The first-order chi connectivity index (χ1) is 13.2. The average molecular weight is 371 g/mol. The molecule has 3 saturated carbocycles. The fraction of sp³-hybridized carbons (Fsp3) is 0.769. The highest BCUT2D eigenvalue weighted by Gasteiger charge is 2.39. The Labute approximate surface area is 166 Å². The quantitative estimate of drug-likeness (QED) is 0.491. The second-order valence-corrected chi connectivity index (χ2v) is 10.0. The molecule has 0 spiro atoms. The lowest BCUT2D eigenvalue weighted by Crippen LogP contribution is -2.34. The molecule has 0 nitrogen and oxygen atoms in total. The lowest BCUT2D eigenvalue weighted by molar-refractivity contribution is 0.0706. The summed E-state index contributed by atoms with van der Waals surface area (Å²) < 4.78 is 14.2. The monoisotopic (exact) mass is 370 g/mol. The molecular weight excluding hydrogens is 331 g/mol. The summed E-state index contributed by atoms with van der Waals surface area (Å²) >= 11 is 0. The Morgan fingerprint density at radius 1 is 0.778 bits per heavy atom. The van der Waals surface area contributed by atoms with Crippen LogP contribution in [0.1, 0.15) is 102 Å². The van der Waals surface area contributed by atoms with E-state index < -0.39 is 0 Å². The zero-order valence-electron chi connectivity index (χ0n) is 17.3. The number of unbranched alkanes of at least 4 members (excludes halogenated alkanes) is 1. The fourth-order valence-corrected chi connectivity index (χ4v) is 6.88.